The molecule has 17 heavy (non-hydrogen) atoms. The fourth-order valence-corrected chi connectivity index (χ4v) is 3.99. The molecule has 0 N–H and O–H groups in total. The van der Waals surface area contributed by atoms with E-state index in [1.165, 1.54) is 57.1 Å². The molecule has 2 aliphatic rings. The Bertz CT molecular complexity index is 223. The molecule has 2 heterocycles. The van der Waals surface area contributed by atoms with Gasteiger partial charge in [-0.1, -0.05) is 20.8 Å². The first-order valence-corrected chi connectivity index (χ1v) is 8.24. The minimum atomic E-state index is 0.453. The fourth-order valence-electron chi connectivity index (χ4n) is 3.06. The topological polar surface area (TPSA) is 6.48 Å². The molecule has 2 rings (SSSR count). The standard InChI is InChI=1S/C14H28N2S/c1-14(2,3)12-15-6-4-13(5-7-15)16-8-10-17-11-9-16/h13H,4-12H2,1-3H3. The van der Waals surface area contributed by atoms with Gasteiger partial charge in [-0.05, 0) is 31.3 Å². The molecule has 0 bridgehead atoms. The van der Waals surface area contributed by atoms with Crippen molar-refractivity contribution < 1.29 is 0 Å². The predicted molar refractivity (Wildman–Crippen MR) is 77.8 cm³/mol. The van der Waals surface area contributed by atoms with Crippen LogP contribution in [0.4, 0.5) is 0 Å². The minimum absolute atomic E-state index is 0.453. The lowest BCUT2D eigenvalue weighted by atomic mass is 9.94. The van der Waals surface area contributed by atoms with Crippen molar-refractivity contribution in [1.82, 2.24) is 9.80 Å². The van der Waals surface area contributed by atoms with Gasteiger partial charge in [0.25, 0.3) is 0 Å². The normalized spacial score (nSPS) is 26.3. The van der Waals surface area contributed by atoms with E-state index in [9.17, 15) is 0 Å². The third-order valence-corrected chi connectivity index (χ3v) is 4.76. The average Bonchev–Trinajstić information content (AvgIpc) is 2.29. The van der Waals surface area contributed by atoms with Crippen molar-refractivity contribution in [3.8, 4) is 0 Å². The first kappa shape index (κ1) is 13.7. The first-order chi connectivity index (χ1) is 8.04. The Labute approximate surface area is 111 Å². The van der Waals surface area contributed by atoms with Gasteiger partial charge in [0.05, 0.1) is 0 Å². The van der Waals surface area contributed by atoms with Crippen molar-refractivity contribution >= 4 is 11.8 Å². The number of rotatable bonds is 2. The summed E-state index contributed by atoms with van der Waals surface area (Å²) in [4.78, 5) is 5.40. The summed E-state index contributed by atoms with van der Waals surface area (Å²) in [6.45, 7) is 13.6. The number of nitrogens with zero attached hydrogens (tertiary/aromatic N) is 2. The second-order valence-corrected chi connectivity index (χ2v) is 7.94. The van der Waals surface area contributed by atoms with Crippen LogP contribution >= 0.6 is 11.8 Å². The largest absolute Gasteiger partial charge is 0.303 e. The van der Waals surface area contributed by atoms with E-state index < -0.39 is 0 Å². The van der Waals surface area contributed by atoms with Gasteiger partial charge in [-0.3, -0.25) is 4.90 Å². The highest BCUT2D eigenvalue weighted by Crippen LogP contribution is 2.23. The molecular formula is C14H28N2S. The maximum absolute atomic E-state index is 2.74. The Morgan fingerprint density at radius 2 is 1.59 bits per heavy atom. The van der Waals surface area contributed by atoms with Crippen LogP contribution in [0.15, 0.2) is 0 Å². The van der Waals surface area contributed by atoms with Crippen LogP contribution in [0.5, 0.6) is 0 Å². The van der Waals surface area contributed by atoms with Crippen LogP contribution in [-0.2, 0) is 0 Å². The van der Waals surface area contributed by atoms with Crippen LogP contribution < -0.4 is 0 Å². The molecule has 0 radical (unpaired) electrons. The van der Waals surface area contributed by atoms with Crippen LogP contribution in [0.25, 0.3) is 0 Å². The Morgan fingerprint density at radius 3 is 2.12 bits per heavy atom. The molecule has 0 amide bonds. The molecule has 0 aromatic rings. The molecule has 0 spiro atoms. The van der Waals surface area contributed by atoms with E-state index in [1.54, 1.807) is 0 Å². The van der Waals surface area contributed by atoms with Crippen LogP contribution in [0.1, 0.15) is 33.6 Å². The molecule has 0 saturated carbocycles. The lowest BCUT2D eigenvalue weighted by molar-refractivity contribution is 0.0943. The zero-order valence-corrected chi connectivity index (χ0v) is 12.6. The third kappa shape index (κ3) is 4.46. The summed E-state index contributed by atoms with van der Waals surface area (Å²) in [5.74, 6) is 2.70. The van der Waals surface area contributed by atoms with E-state index >= 15 is 0 Å². The summed E-state index contributed by atoms with van der Waals surface area (Å²) >= 11 is 2.12. The number of thioether (sulfide) groups is 1. The van der Waals surface area contributed by atoms with Crippen LogP contribution in [0.3, 0.4) is 0 Å². The van der Waals surface area contributed by atoms with Gasteiger partial charge in [0.1, 0.15) is 0 Å². The summed E-state index contributed by atoms with van der Waals surface area (Å²) in [7, 11) is 0. The van der Waals surface area contributed by atoms with Crippen molar-refractivity contribution in [3.05, 3.63) is 0 Å². The zero-order chi connectivity index (χ0) is 12.3. The van der Waals surface area contributed by atoms with E-state index in [1.807, 2.05) is 0 Å². The maximum atomic E-state index is 2.74. The highest BCUT2D eigenvalue weighted by atomic mass is 32.2. The summed E-state index contributed by atoms with van der Waals surface area (Å²) in [6, 6.07) is 0.882. The van der Waals surface area contributed by atoms with Crippen molar-refractivity contribution in [3.63, 3.8) is 0 Å². The quantitative estimate of drug-likeness (QED) is 0.750. The van der Waals surface area contributed by atoms with E-state index in [-0.39, 0.29) is 0 Å². The molecule has 2 saturated heterocycles. The van der Waals surface area contributed by atoms with Gasteiger partial charge in [0.2, 0.25) is 0 Å². The number of likely N-dealkylation sites (tertiary alicyclic amines) is 1. The van der Waals surface area contributed by atoms with Gasteiger partial charge in [0, 0.05) is 37.2 Å². The van der Waals surface area contributed by atoms with Gasteiger partial charge in [-0.2, -0.15) is 11.8 Å². The summed E-state index contributed by atoms with van der Waals surface area (Å²) in [5, 5.41) is 0. The van der Waals surface area contributed by atoms with Gasteiger partial charge in [-0.25, -0.2) is 0 Å². The first-order valence-electron chi connectivity index (χ1n) is 7.09. The summed E-state index contributed by atoms with van der Waals surface area (Å²) in [5.41, 5.74) is 0.453. The lowest BCUT2D eigenvalue weighted by Crippen LogP contribution is -2.49. The second-order valence-electron chi connectivity index (χ2n) is 6.72. The van der Waals surface area contributed by atoms with E-state index in [0.717, 1.165) is 6.04 Å². The SMILES string of the molecule is CC(C)(C)CN1CCC(N2CCSCC2)CC1. The highest BCUT2D eigenvalue weighted by Gasteiger charge is 2.27. The molecule has 0 unspecified atom stereocenters. The number of hydrogen-bond donors (Lipinski definition) is 0. The molecule has 0 aliphatic carbocycles. The van der Waals surface area contributed by atoms with Crippen LogP contribution in [0.2, 0.25) is 0 Å². The molecule has 0 aromatic carbocycles. The van der Waals surface area contributed by atoms with Gasteiger partial charge in [0.15, 0.2) is 0 Å². The summed E-state index contributed by atoms with van der Waals surface area (Å²) < 4.78 is 0. The maximum Gasteiger partial charge on any atom is 0.0120 e. The molecule has 2 aliphatic heterocycles. The lowest BCUT2D eigenvalue weighted by Gasteiger charge is -2.41. The smallest absolute Gasteiger partial charge is 0.0120 e. The molecule has 2 fully saturated rings. The van der Waals surface area contributed by atoms with Crippen molar-refractivity contribution in [2.24, 2.45) is 5.41 Å². The Balaban J connectivity index is 1.73. The molecular weight excluding hydrogens is 228 g/mol. The number of hydrogen-bond acceptors (Lipinski definition) is 3. The van der Waals surface area contributed by atoms with E-state index in [0.29, 0.717) is 5.41 Å². The molecule has 3 heteroatoms. The van der Waals surface area contributed by atoms with E-state index in [2.05, 4.69) is 42.3 Å². The van der Waals surface area contributed by atoms with E-state index in [4.69, 9.17) is 0 Å². The predicted octanol–water partition coefficient (Wildman–Crippen LogP) is 2.55. The summed E-state index contributed by atoms with van der Waals surface area (Å²) in [6.07, 6.45) is 2.78. The van der Waals surface area contributed by atoms with Crippen LogP contribution in [0, 0.1) is 5.41 Å². The molecule has 2 nitrogen and oxygen atoms in total. The van der Waals surface area contributed by atoms with Gasteiger partial charge < -0.3 is 4.90 Å². The Kier molecular flexibility index (Phi) is 4.79. The van der Waals surface area contributed by atoms with Gasteiger partial charge in [-0.15, -0.1) is 0 Å². The monoisotopic (exact) mass is 256 g/mol. The van der Waals surface area contributed by atoms with Crippen molar-refractivity contribution in [2.45, 2.75) is 39.7 Å². The van der Waals surface area contributed by atoms with Crippen molar-refractivity contribution in [1.29, 1.82) is 0 Å². The van der Waals surface area contributed by atoms with Gasteiger partial charge >= 0.3 is 0 Å². The van der Waals surface area contributed by atoms with Crippen LogP contribution in [-0.4, -0.2) is 60.1 Å². The Hall–Kier alpha value is 0.270. The van der Waals surface area contributed by atoms with Crippen molar-refractivity contribution in [2.75, 3.05) is 44.2 Å². The fraction of sp³-hybridized carbons (Fsp3) is 1.00. The average molecular weight is 256 g/mol. The Morgan fingerprint density at radius 1 is 1.00 bits per heavy atom. The zero-order valence-electron chi connectivity index (χ0n) is 11.7. The molecule has 0 aromatic heterocycles. The third-order valence-electron chi connectivity index (χ3n) is 3.82. The second kappa shape index (κ2) is 5.94. The molecule has 100 valence electrons. The molecule has 0 atom stereocenters. The minimum Gasteiger partial charge on any atom is -0.303 e. The number of piperidine rings is 1. The highest BCUT2D eigenvalue weighted by molar-refractivity contribution is 7.99.